The molecule has 1 aromatic rings. The van der Waals surface area contributed by atoms with E-state index >= 15 is 0 Å². The van der Waals surface area contributed by atoms with Crippen molar-refractivity contribution in [1.29, 1.82) is 0 Å². The van der Waals surface area contributed by atoms with Crippen LogP contribution in [0.3, 0.4) is 0 Å². The number of fused-ring (bicyclic) bond motifs is 1. The van der Waals surface area contributed by atoms with E-state index in [2.05, 4.69) is 17.6 Å². The highest BCUT2D eigenvalue weighted by atomic mass is 16.6. The molecule has 2 N–H and O–H groups in total. The topological polar surface area (TPSA) is 59.6 Å². The van der Waals surface area contributed by atoms with Gasteiger partial charge in [-0.25, -0.2) is 0 Å². The van der Waals surface area contributed by atoms with Crippen molar-refractivity contribution in [2.24, 2.45) is 0 Å². The van der Waals surface area contributed by atoms with E-state index in [1.807, 2.05) is 12.1 Å². The maximum Gasteiger partial charge on any atom is 0.255 e. The van der Waals surface area contributed by atoms with Gasteiger partial charge >= 0.3 is 0 Å². The van der Waals surface area contributed by atoms with Crippen LogP contribution in [0, 0.1) is 0 Å². The van der Waals surface area contributed by atoms with Crippen LogP contribution in [0.2, 0.25) is 0 Å². The van der Waals surface area contributed by atoms with Gasteiger partial charge in [-0.3, -0.25) is 4.79 Å². The molecule has 5 heteroatoms. The lowest BCUT2D eigenvalue weighted by Gasteiger charge is -2.29. The van der Waals surface area contributed by atoms with Crippen molar-refractivity contribution in [2.75, 3.05) is 19.8 Å². The Labute approximate surface area is 125 Å². The van der Waals surface area contributed by atoms with E-state index in [1.54, 1.807) is 6.07 Å². The molecule has 2 unspecified atom stereocenters. The lowest BCUT2D eigenvalue weighted by molar-refractivity contribution is 0.0935. The Morgan fingerprint density at radius 2 is 2.19 bits per heavy atom. The highest BCUT2D eigenvalue weighted by Gasteiger charge is 2.22. The van der Waals surface area contributed by atoms with Crippen LogP contribution in [0.1, 0.15) is 36.5 Å². The second kappa shape index (κ2) is 6.35. The van der Waals surface area contributed by atoms with Gasteiger partial charge < -0.3 is 20.1 Å². The van der Waals surface area contributed by atoms with E-state index < -0.39 is 0 Å². The summed E-state index contributed by atoms with van der Waals surface area (Å²) < 4.78 is 11.1. The molecular formula is C16H22N2O3. The number of carbonyl (C=O) groups excluding carboxylic acids is 1. The minimum atomic E-state index is -0.0997. The first-order valence-corrected chi connectivity index (χ1v) is 7.67. The van der Waals surface area contributed by atoms with Crippen LogP contribution in [0.15, 0.2) is 18.2 Å². The second-order valence-corrected chi connectivity index (χ2v) is 5.74. The van der Waals surface area contributed by atoms with E-state index in [0.717, 1.165) is 6.42 Å². The predicted octanol–water partition coefficient (Wildman–Crippen LogP) is 1.72. The van der Waals surface area contributed by atoms with Gasteiger partial charge in [0.1, 0.15) is 13.2 Å². The Balaban J connectivity index is 1.63. The van der Waals surface area contributed by atoms with Crippen molar-refractivity contribution in [3.05, 3.63) is 23.8 Å². The normalized spacial score (nSPS) is 24.4. The van der Waals surface area contributed by atoms with Gasteiger partial charge in [-0.2, -0.15) is 0 Å². The molecule has 1 saturated heterocycles. The van der Waals surface area contributed by atoms with Gasteiger partial charge in [-0.1, -0.05) is 12.5 Å². The minimum Gasteiger partial charge on any atom is -0.486 e. The minimum absolute atomic E-state index is 0.0997. The van der Waals surface area contributed by atoms with Crippen LogP contribution in [0.4, 0.5) is 0 Å². The molecule has 2 heterocycles. The van der Waals surface area contributed by atoms with Crippen LogP contribution in [0.5, 0.6) is 11.5 Å². The molecule has 0 aliphatic carbocycles. The van der Waals surface area contributed by atoms with Crippen LogP contribution in [-0.4, -0.2) is 37.7 Å². The summed E-state index contributed by atoms with van der Waals surface area (Å²) in [6.45, 7) is 3.85. The zero-order valence-electron chi connectivity index (χ0n) is 12.4. The van der Waals surface area contributed by atoms with Gasteiger partial charge in [0.05, 0.1) is 5.56 Å². The average molecular weight is 290 g/mol. The molecule has 2 aliphatic heterocycles. The molecule has 21 heavy (non-hydrogen) atoms. The first kappa shape index (κ1) is 14.2. The van der Waals surface area contributed by atoms with Gasteiger partial charge in [0, 0.05) is 18.6 Å². The summed E-state index contributed by atoms with van der Waals surface area (Å²) in [5.74, 6) is 1.11. The second-order valence-electron chi connectivity index (χ2n) is 5.74. The van der Waals surface area contributed by atoms with Crippen molar-refractivity contribution in [2.45, 2.75) is 38.3 Å². The Morgan fingerprint density at radius 1 is 1.33 bits per heavy atom. The maximum absolute atomic E-state index is 12.4. The fraction of sp³-hybridized carbons (Fsp3) is 0.562. The Kier molecular flexibility index (Phi) is 4.29. The molecule has 2 aliphatic rings. The number of hydrogen-bond donors (Lipinski definition) is 2. The third kappa shape index (κ3) is 3.29. The molecule has 0 spiro atoms. The number of hydrogen-bond acceptors (Lipinski definition) is 4. The number of nitrogens with one attached hydrogen (secondary N) is 2. The molecule has 3 rings (SSSR count). The summed E-state index contributed by atoms with van der Waals surface area (Å²) in [6, 6.07) is 6.31. The number of amides is 1. The Bertz CT molecular complexity index is 518. The molecule has 0 bridgehead atoms. The number of para-hydroxylation sites is 1. The van der Waals surface area contributed by atoms with Crippen LogP contribution < -0.4 is 20.1 Å². The number of ether oxygens (including phenoxy) is 2. The lowest BCUT2D eigenvalue weighted by atomic mass is 9.99. The van der Waals surface area contributed by atoms with Gasteiger partial charge in [0.15, 0.2) is 11.5 Å². The molecule has 1 fully saturated rings. The predicted molar refractivity (Wildman–Crippen MR) is 80.0 cm³/mol. The fourth-order valence-electron chi connectivity index (χ4n) is 2.96. The van der Waals surface area contributed by atoms with Crippen molar-refractivity contribution in [3.63, 3.8) is 0 Å². The van der Waals surface area contributed by atoms with Crippen LogP contribution in [0.25, 0.3) is 0 Å². The Hall–Kier alpha value is -1.75. The van der Waals surface area contributed by atoms with Gasteiger partial charge in [0.2, 0.25) is 0 Å². The molecule has 1 aromatic carbocycles. The summed E-state index contributed by atoms with van der Waals surface area (Å²) in [4.78, 5) is 12.4. The van der Waals surface area contributed by atoms with Crippen LogP contribution >= 0.6 is 0 Å². The number of rotatable bonds is 3. The fourth-order valence-corrected chi connectivity index (χ4v) is 2.96. The first-order chi connectivity index (χ1) is 10.2. The molecular weight excluding hydrogens is 268 g/mol. The van der Waals surface area contributed by atoms with Crippen LogP contribution in [-0.2, 0) is 0 Å². The summed E-state index contributed by atoms with van der Waals surface area (Å²) in [5.41, 5.74) is 0.552. The first-order valence-electron chi connectivity index (χ1n) is 7.67. The summed E-state index contributed by atoms with van der Waals surface area (Å²) in [5, 5.41) is 6.52. The van der Waals surface area contributed by atoms with E-state index in [4.69, 9.17) is 9.47 Å². The van der Waals surface area contributed by atoms with Gasteiger partial charge in [-0.05, 0) is 31.9 Å². The van der Waals surface area contributed by atoms with Crippen molar-refractivity contribution >= 4 is 5.91 Å². The number of benzene rings is 1. The van der Waals surface area contributed by atoms with E-state index in [9.17, 15) is 4.79 Å². The van der Waals surface area contributed by atoms with Crippen molar-refractivity contribution < 1.29 is 14.3 Å². The van der Waals surface area contributed by atoms with E-state index in [1.165, 1.54) is 12.8 Å². The standard InChI is InChI=1S/C16H22N2O3/c1-11-4-2-5-12(18-11)10-17-16(19)13-6-3-7-14-15(13)21-9-8-20-14/h3,6-7,11-12,18H,2,4-5,8-10H2,1H3,(H,17,19). The quantitative estimate of drug-likeness (QED) is 0.890. The highest BCUT2D eigenvalue weighted by Crippen LogP contribution is 2.33. The molecule has 1 amide bonds. The monoisotopic (exact) mass is 290 g/mol. The van der Waals surface area contributed by atoms with E-state index in [0.29, 0.717) is 48.9 Å². The smallest absolute Gasteiger partial charge is 0.255 e. The van der Waals surface area contributed by atoms with Crippen molar-refractivity contribution in [1.82, 2.24) is 10.6 Å². The van der Waals surface area contributed by atoms with Gasteiger partial charge in [0.25, 0.3) is 5.91 Å². The molecule has 2 atom stereocenters. The number of piperidine rings is 1. The zero-order valence-corrected chi connectivity index (χ0v) is 12.4. The maximum atomic E-state index is 12.4. The summed E-state index contributed by atoms with van der Waals surface area (Å²) in [6.07, 6.45) is 3.53. The summed E-state index contributed by atoms with van der Waals surface area (Å²) >= 11 is 0. The largest absolute Gasteiger partial charge is 0.486 e. The highest BCUT2D eigenvalue weighted by molar-refractivity contribution is 5.97. The van der Waals surface area contributed by atoms with Crippen molar-refractivity contribution in [3.8, 4) is 11.5 Å². The SMILES string of the molecule is CC1CCCC(CNC(=O)c2cccc3c2OCCO3)N1. The molecule has 0 saturated carbocycles. The number of carbonyl (C=O) groups is 1. The summed E-state index contributed by atoms with van der Waals surface area (Å²) in [7, 11) is 0. The molecule has 5 nitrogen and oxygen atoms in total. The van der Waals surface area contributed by atoms with E-state index in [-0.39, 0.29) is 5.91 Å². The third-order valence-electron chi connectivity index (χ3n) is 4.03. The average Bonchev–Trinajstić information content (AvgIpc) is 2.52. The molecule has 114 valence electrons. The zero-order chi connectivity index (χ0) is 14.7. The lowest BCUT2D eigenvalue weighted by Crippen LogP contribution is -2.47. The Morgan fingerprint density at radius 3 is 3.05 bits per heavy atom. The van der Waals surface area contributed by atoms with Gasteiger partial charge in [-0.15, -0.1) is 0 Å². The molecule has 0 aromatic heterocycles. The molecule has 0 radical (unpaired) electrons. The third-order valence-corrected chi connectivity index (χ3v) is 4.03.